The second-order valence-electron chi connectivity index (χ2n) is 6.63. The molecule has 2 amide bonds. The highest BCUT2D eigenvalue weighted by atomic mass is 16.4. The summed E-state index contributed by atoms with van der Waals surface area (Å²) in [6.45, 7) is 1.87. The van der Waals surface area contributed by atoms with Crippen LogP contribution in [0.3, 0.4) is 0 Å². The number of benzene rings is 3. The zero-order valence-electron chi connectivity index (χ0n) is 16.1. The van der Waals surface area contributed by atoms with Crippen LogP contribution in [0.5, 0.6) is 0 Å². The van der Waals surface area contributed by atoms with Gasteiger partial charge in [0.2, 0.25) is 12.3 Å². The first-order chi connectivity index (χ1) is 14.6. The lowest BCUT2D eigenvalue weighted by Gasteiger charge is -2.11. The molecule has 0 bridgehead atoms. The van der Waals surface area contributed by atoms with E-state index in [1.165, 1.54) is 6.39 Å². The molecule has 148 valence electrons. The SMILES string of the molecule is Cc1ccc(C(=O)Nc2cccc(-c3nnco3)c2)cc1NC(=O)c1ccccc1. The maximum Gasteiger partial charge on any atom is 0.255 e. The number of nitrogens with zero attached hydrogens (tertiary/aromatic N) is 2. The first kappa shape index (κ1) is 19.1. The van der Waals surface area contributed by atoms with Crippen LogP contribution in [0, 0.1) is 6.92 Å². The second-order valence-corrected chi connectivity index (χ2v) is 6.63. The van der Waals surface area contributed by atoms with Crippen molar-refractivity contribution >= 4 is 23.2 Å². The van der Waals surface area contributed by atoms with Gasteiger partial charge in [0.25, 0.3) is 11.8 Å². The molecular formula is C23H18N4O3. The normalized spacial score (nSPS) is 10.4. The van der Waals surface area contributed by atoms with Gasteiger partial charge in [0.1, 0.15) is 0 Å². The Labute approximate surface area is 172 Å². The van der Waals surface area contributed by atoms with Crippen molar-refractivity contribution in [1.82, 2.24) is 10.2 Å². The van der Waals surface area contributed by atoms with E-state index < -0.39 is 0 Å². The largest absolute Gasteiger partial charge is 0.423 e. The maximum absolute atomic E-state index is 12.8. The molecule has 7 heteroatoms. The Hall–Kier alpha value is -4.26. The number of nitrogens with one attached hydrogen (secondary N) is 2. The summed E-state index contributed by atoms with van der Waals surface area (Å²) < 4.78 is 5.19. The van der Waals surface area contributed by atoms with Gasteiger partial charge in [0.05, 0.1) is 0 Å². The van der Waals surface area contributed by atoms with Gasteiger partial charge in [-0.15, -0.1) is 10.2 Å². The molecule has 0 saturated carbocycles. The number of amides is 2. The molecule has 4 aromatic rings. The molecule has 0 unspecified atom stereocenters. The molecule has 0 aliphatic carbocycles. The summed E-state index contributed by atoms with van der Waals surface area (Å²) in [6.07, 6.45) is 1.25. The van der Waals surface area contributed by atoms with Crippen LogP contribution < -0.4 is 10.6 Å². The van der Waals surface area contributed by atoms with Crippen LogP contribution in [0.2, 0.25) is 0 Å². The van der Waals surface area contributed by atoms with Crippen molar-refractivity contribution in [2.75, 3.05) is 10.6 Å². The molecule has 0 spiro atoms. The average molecular weight is 398 g/mol. The molecule has 0 fully saturated rings. The van der Waals surface area contributed by atoms with Crippen molar-refractivity contribution in [3.8, 4) is 11.5 Å². The molecular weight excluding hydrogens is 380 g/mol. The van der Waals surface area contributed by atoms with E-state index in [0.29, 0.717) is 34.0 Å². The smallest absolute Gasteiger partial charge is 0.255 e. The third kappa shape index (κ3) is 4.25. The van der Waals surface area contributed by atoms with Crippen molar-refractivity contribution in [3.63, 3.8) is 0 Å². The second kappa shape index (κ2) is 8.40. The third-order valence-electron chi connectivity index (χ3n) is 4.51. The molecule has 4 rings (SSSR count). The zero-order valence-corrected chi connectivity index (χ0v) is 16.1. The molecule has 2 N–H and O–H groups in total. The fourth-order valence-corrected chi connectivity index (χ4v) is 2.91. The highest BCUT2D eigenvalue weighted by molar-refractivity contribution is 6.07. The van der Waals surface area contributed by atoms with Crippen LogP contribution in [-0.2, 0) is 0 Å². The number of carbonyl (C=O) groups excluding carboxylic acids is 2. The lowest BCUT2D eigenvalue weighted by atomic mass is 10.1. The van der Waals surface area contributed by atoms with Crippen LogP contribution in [0.25, 0.3) is 11.5 Å². The minimum Gasteiger partial charge on any atom is -0.423 e. The van der Waals surface area contributed by atoms with Gasteiger partial charge in [-0.3, -0.25) is 9.59 Å². The van der Waals surface area contributed by atoms with Crippen molar-refractivity contribution in [1.29, 1.82) is 0 Å². The van der Waals surface area contributed by atoms with E-state index >= 15 is 0 Å². The van der Waals surface area contributed by atoms with E-state index in [-0.39, 0.29) is 11.8 Å². The van der Waals surface area contributed by atoms with E-state index in [1.54, 1.807) is 60.7 Å². The summed E-state index contributed by atoms with van der Waals surface area (Å²) in [5.41, 5.74) is 3.69. The highest BCUT2D eigenvalue weighted by Gasteiger charge is 2.12. The van der Waals surface area contributed by atoms with Crippen LogP contribution in [-0.4, -0.2) is 22.0 Å². The quantitative estimate of drug-likeness (QED) is 0.514. The fraction of sp³-hybridized carbons (Fsp3) is 0.0435. The lowest BCUT2D eigenvalue weighted by Crippen LogP contribution is -2.15. The molecule has 7 nitrogen and oxygen atoms in total. The molecule has 0 aliphatic rings. The summed E-state index contributed by atoms with van der Waals surface area (Å²) in [6, 6.07) is 21.2. The van der Waals surface area contributed by atoms with Gasteiger partial charge < -0.3 is 15.1 Å². The average Bonchev–Trinajstić information content (AvgIpc) is 3.31. The third-order valence-corrected chi connectivity index (χ3v) is 4.51. The van der Waals surface area contributed by atoms with Gasteiger partial charge in [-0.2, -0.15) is 0 Å². The molecule has 1 aromatic heterocycles. The number of carbonyl (C=O) groups is 2. The minimum absolute atomic E-state index is 0.233. The summed E-state index contributed by atoms with van der Waals surface area (Å²) >= 11 is 0. The van der Waals surface area contributed by atoms with Gasteiger partial charge in [-0.1, -0.05) is 30.3 Å². The van der Waals surface area contributed by atoms with Gasteiger partial charge in [-0.05, 0) is 55.0 Å². The minimum atomic E-state index is -0.298. The Morgan fingerprint density at radius 1 is 0.833 bits per heavy atom. The van der Waals surface area contributed by atoms with E-state index in [2.05, 4.69) is 20.8 Å². The molecule has 0 atom stereocenters. The van der Waals surface area contributed by atoms with E-state index in [4.69, 9.17) is 4.42 Å². The lowest BCUT2D eigenvalue weighted by molar-refractivity contribution is 0.101. The molecule has 30 heavy (non-hydrogen) atoms. The number of anilines is 2. The monoisotopic (exact) mass is 398 g/mol. The Balaban J connectivity index is 1.52. The van der Waals surface area contributed by atoms with Crippen LogP contribution in [0.4, 0.5) is 11.4 Å². The Bertz CT molecular complexity index is 1190. The van der Waals surface area contributed by atoms with Crippen molar-refractivity contribution in [2.45, 2.75) is 6.92 Å². The first-order valence-corrected chi connectivity index (χ1v) is 9.25. The predicted octanol–water partition coefficient (Wildman–Crippen LogP) is 4.55. The number of hydrogen-bond donors (Lipinski definition) is 2. The highest BCUT2D eigenvalue weighted by Crippen LogP contribution is 2.22. The van der Waals surface area contributed by atoms with Crippen LogP contribution in [0.15, 0.2) is 83.6 Å². The number of aromatic nitrogens is 2. The standard InChI is InChI=1S/C23H18N4O3/c1-15-10-11-17(13-20(15)26-21(28)16-6-3-2-4-7-16)22(29)25-19-9-5-8-18(12-19)23-27-24-14-30-23/h2-14H,1H3,(H,25,29)(H,26,28). The maximum atomic E-state index is 12.8. The zero-order chi connectivity index (χ0) is 20.9. The summed E-state index contributed by atoms with van der Waals surface area (Å²) in [7, 11) is 0. The molecule has 0 radical (unpaired) electrons. The van der Waals surface area contributed by atoms with Crippen LogP contribution >= 0.6 is 0 Å². The molecule has 3 aromatic carbocycles. The van der Waals surface area contributed by atoms with Gasteiger partial charge >= 0.3 is 0 Å². The number of aryl methyl sites for hydroxylation is 1. The van der Waals surface area contributed by atoms with Crippen molar-refractivity contribution < 1.29 is 14.0 Å². The molecule has 0 aliphatic heterocycles. The Morgan fingerprint density at radius 3 is 2.40 bits per heavy atom. The Kier molecular flexibility index (Phi) is 5.34. The van der Waals surface area contributed by atoms with Gasteiger partial charge in [0.15, 0.2) is 0 Å². The van der Waals surface area contributed by atoms with Crippen molar-refractivity contribution in [2.24, 2.45) is 0 Å². The van der Waals surface area contributed by atoms with E-state index in [9.17, 15) is 9.59 Å². The van der Waals surface area contributed by atoms with E-state index in [1.807, 2.05) is 19.1 Å². The van der Waals surface area contributed by atoms with Crippen LogP contribution in [0.1, 0.15) is 26.3 Å². The predicted molar refractivity (Wildman–Crippen MR) is 113 cm³/mol. The summed E-state index contributed by atoms with van der Waals surface area (Å²) in [5.74, 6) is -0.163. The topological polar surface area (TPSA) is 97.1 Å². The molecule has 1 heterocycles. The first-order valence-electron chi connectivity index (χ1n) is 9.25. The van der Waals surface area contributed by atoms with Crippen molar-refractivity contribution in [3.05, 3.63) is 95.9 Å². The molecule has 0 saturated heterocycles. The summed E-state index contributed by atoms with van der Waals surface area (Å²) in [4.78, 5) is 25.2. The fourth-order valence-electron chi connectivity index (χ4n) is 2.91. The summed E-state index contributed by atoms with van der Waals surface area (Å²) in [5, 5.41) is 13.2. The Morgan fingerprint density at radius 2 is 1.63 bits per heavy atom. The van der Waals surface area contributed by atoms with Gasteiger partial charge in [-0.25, -0.2) is 0 Å². The number of hydrogen-bond acceptors (Lipinski definition) is 5. The van der Waals surface area contributed by atoms with E-state index in [0.717, 1.165) is 5.56 Å². The number of rotatable bonds is 5. The van der Waals surface area contributed by atoms with Gasteiger partial charge in [0, 0.05) is 28.1 Å².